The molecule has 0 saturated carbocycles. The van der Waals surface area contributed by atoms with Gasteiger partial charge in [-0.15, -0.1) is 0 Å². The molecular weight excluding hydrogens is 569 g/mol. The van der Waals surface area contributed by atoms with Crippen LogP contribution in [0.5, 0.6) is 0 Å². The smallest absolute Gasteiger partial charge is 0.0544 e. The third-order valence-corrected chi connectivity index (χ3v) is 10.5. The van der Waals surface area contributed by atoms with Crippen molar-refractivity contribution >= 4 is 43.6 Å². The number of hydrogen-bond donors (Lipinski definition) is 0. The first-order chi connectivity index (χ1) is 23.1. The summed E-state index contributed by atoms with van der Waals surface area (Å²) in [6.07, 6.45) is 0. The molecule has 222 valence electrons. The average molecular weight is 601 g/mol. The van der Waals surface area contributed by atoms with Gasteiger partial charge >= 0.3 is 0 Å². The van der Waals surface area contributed by atoms with E-state index in [1.165, 1.54) is 88.4 Å². The summed E-state index contributed by atoms with van der Waals surface area (Å²) in [6, 6.07) is 58.1. The molecule has 9 aromatic rings. The van der Waals surface area contributed by atoms with Crippen molar-refractivity contribution in [2.75, 3.05) is 0 Å². The fourth-order valence-corrected chi connectivity index (χ4v) is 8.29. The Bertz CT molecular complexity index is 2660. The number of fused-ring (bicyclic) bond motifs is 9. The highest BCUT2D eigenvalue weighted by Crippen LogP contribution is 2.51. The van der Waals surface area contributed by atoms with Crippen molar-refractivity contribution in [1.82, 2.24) is 9.13 Å². The first-order valence-electron chi connectivity index (χ1n) is 16.4. The van der Waals surface area contributed by atoms with E-state index in [0.29, 0.717) is 0 Å². The van der Waals surface area contributed by atoms with Crippen molar-refractivity contribution in [3.63, 3.8) is 0 Å². The zero-order chi connectivity index (χ0) is 31.3. The van der Waals surface area contributed by atoms with Gasteiger partial charge in [0.1, 0.15) is 0 Å². The van der Waals surface area contributed by atoms with E-state index in [0.717, 1.165) is 0 Å². The lowest BCUT2D eigenvalue weighted by atomic mass is 9.82. The lowest BCUT2D eigenvalue weighted by Crippen LogP contribution is -2.14. The fraction of sp³-hybridized carbons (Fsp3) is 0.0667. The lowest BCUT2D eigenvalue weighted by molar-refractivity contribution is 0.661. The molecule has 2 heteroatoms. The van der Waals surface area contributed by atoms with E-state index in [1.807, 2.05) is 0 Å². The molecule has 7 aromatic carbocycles. The maximum atomic E-state index is 2.46. The first-order valence-corrected chi connectivity index (χ1v) is 16.4. The van der Waals surface area contributed by atoms with Crippen LogP contribution in [0.1, 0.15) is 25.0 Å². The zero-order valence-corrected chi connectivity index (χ0v) is 26.4. The van der Waals surface area contributed by atoms with Gasteiger partial charge in [0.2, 0.25) is 0 Å². The van der Waals surface area contributed by atoms with Crippen LogP contribution in [-0.2, 0) is 5.41 Å². The second kappa shape index (κ2) is 9.57. The Morgan fingerprint density at radius 1 is 0.362 bits per heavy atom. The van der Waals surface area contributed by atoms with Gasteiger partial charge in [0.15, 0.2) is 0 Å². The van der Waals surface area contributed by atoms with E-state index < -0.39 is 0 Å². The van der Waals surface area contributed by atoms with E-state index >= 15 is 0 Å². The summed E-state index contributed by atoms with van der Waals surface area (Å²) in [5.41, 5.74) is 15.1. The Morgan fingerprint density at radius 3 is 1.45 bits per heavy atom. The molecule has 0 radical (unpaired) electrons. The summed E-state index contributed by atoms with van der Waals surface area (Å²) in [7, 11) is 0. The number of hydrogen-bond acceptors (Lipinski definition) is 0. The van der Waals surface area contributed by atoms with Crippen LogP contribution in [0.4, 0.5) is 0 Å². The molecule has 0 fully saturated rings. The van der Waals surface area contributed by atoms with E-state index in [2.05, 4.69) is 181 Å². The molecule has 1 aliphatic rings. The van der Waals surface area contributed by atoms with Crippen LogP contribution in [0.15, 0.2) is 158 Å². The van der Waals surface area contributed by atoms with Crippen molar-refractivity contribution < 1.29 is 0 Å². The van der Waals surface area contributed by atoms with E-state index in [9.17, 15) is 0 Å². The molecule has 10 rings (SSSR count). The van der Waals surface area contributed by atoms with Gasteiger partial charge in [0.25, 0.3) is 0 Å². The Kier molecular flexibility index (Phi) is 5.37. The Hall–Kier alpha value is -5.86. The molecular formula is C45H32N2. The van der Waals surface area contributed by atoms with Gasteiger partial charge in [-0.1, -0.05) is 117 Å². The number of aromatic nitrogens is 2. The molecule has 0 N–H and O–H groups in total. The minimum atomic E-state index is -0.0590. The van der Waals surface area contributed by atoms with Crippen LogP contribution in [0.25, 0.3) is 77.2 Å². The molecule has 47 heavy (non-hydrogen) atoms. The van der Waals surface area contributed by atoms with Gasteiger partial charge in [-0.25, -0.2) is 0 Å². The van der Waals surface area contributed by atoms with Crippen LogP contribution in [0.2, 0.25) is 0 Å². The van der Waals surface area contributed by atoms with Crippen molar-refractivity contribution in [2.45, 2.75) is 19.3 Å². The molecule has 1 aliphatic carbocycles. The minimum absolute atomic E-state index is 0.0590. The molecule has 0 saturated heterocycles. The van der Waals surface area contributed by atoms with Gasteiger partial charge in [-0.3, -0.25) is 0 Å². The molecule has 0 spiro atoms. The zero-order valence-electron chi connectivity index (χ0n) is 26.4. The Labute approximate surface area is 273 Å². The largest absolute Gasteiger partial charge is 0.309 e. The van der Waals surface area contributed by atoms with Gasteiger partial charge in [0, 0.05) is 38.3 Å². The van der Waals surface area contributed by atoms with E-state index in [-0.39, 0.29) is 5.41 Å². The highest BCUT2D eigenvalue weighted by Gasteiger charge is 2.36. The molecule has 0 aliphatic heterocycles. The number of benzene rings is 7. The van der Waals surface area contributed by atoms with Crippen LogP contribution in [-0.4, -0.2) is 9.13 Å². The van der Waals surface area contributed by atoms with Crippen LogP contribution >= 0.6 is 0 Å². The van der Waals surface area contributed by atoms with Gasteiger partial charge in [0.05, 0.1) is 22.1 Å². The SMILES string of the molecule is CC1(C)c2ccccc2-c2cc3c4ccccc4n(-c4cccc(-c5cccc(-n6c7ccccc7c7ccccc76)c5)c4)c3cc21. The standard InChI is InChI=1S/C45H32N2/c1-45(2)39-21-7-3-17-33(39)37-27-38-36-20-6-10-24-43(36)47(44(38)28-40(37)45)32-16-12-14-30(26-32)29-13-11-15-31(25-29)46-41-22-8-4-18-34(41)35-19-5-9-23-42(35)46/h3-28H,1-2H3. The van der Waals surface area contributed by atoms with Crippen molar-refractivity contribution in [3.8, 4) is 33.6 Å². The third-order valence-electron chi connectivity index (χ3n) is 10.5. The highest BCUT2D eigenvalue weighted by molar-refractivity contribution is 6.12. The molecule has 2 nitrogen and oxygen atoms in total. The summed E-state index contributed by atoms with van der Waals surface area (Å²) < 4.78 is 4.86. The molecule has 0 atom stereocenters. The van der Waals surface area contributed by atoms with E-state index in [4.69, 9.17) is 0 Å². The Morgan fingerprint density at radius 2 is 0.851 bits per heavy atom. The summed E-state index contributed by atoms with van der Waals surface area (Å²) in [4.78, 5) is 0. The van der Waals surface area contributed by atoms with Crippen molar-refractivity contribution in [3.05, 3.63) is 169 Å². The quantitative estimate of drug-likeness (QED) is 0.191. The molecule has 2 aromatic heterocycles. The maximum absolute atomic E-state index is 2.46. The normalized spacial score (nSPS) is 13.5. The second-order valence-electron chi connectivity index (χ2n) is 13.4. The van der Waals surface area contributed by atoms with Crippen LogP contribution in [0.3, 0.4) is 0 Å². The van der Waals surface area contributed by atoms with Gasteiger partial charge < -0.3 is 9.13 Å². The number of para-hydroxylation sites is 3. The third kappa shape index (κ3) is 3.67. The molecule has 0 unspecified atom stereocenters. The second-order valence-corrected chi connectivity index (χ2v) is 13.4. The minimum Gasteiger partial charge on any atom is -0.309 e. The summed E-state index contributed by atoms with van der Waals surface area (Å²) in [6.45, 7) is 4.72. The predicted octanol–water partition coefficient (Wildman–Crippen LogP) is 11.9. The number of nitrogens with zero attached hydrogens (tertiary/aromatic N) is 2. The number of rotatable bonds is 3. The fourth-order valence-electron chi connectivity index (χ4n) is 8.29. The van der Waals surface area contributed by atoms with E-state index in [1.54, 1.807) is 0 Å². The van der Waals surface area contributed by atoms with Crippen LogP contribution in [0, 0.1) is 0 Å². The highest BCUT2D eigenvalue weighted by atomic mass is 15.0. The average Bonchev–Trinajstić information content (AvgIpc) is 3.71. The monoisotopic (exact) mass is 600 g/mol. The van der Waals surface area contributed by atoms with Crippen LogP contribution < -0.4 is 0 Å². The molecule has 0 amide bonds. The predicted molar refractivity (Wildman–Crippen MR) is 198 cm³/mol. The Balaban J connectivity index is 1.16. The molecule has 2 heterocycles. The summed E-state index contributed by atoms with van der Waals surface area (Å²) in [5.74, 6) is 0. The van der Waals surface area contributed by atoms with Crippen molar-refractivity contribution in [1.29, 1.82) is 0 Å². The topological polar surface area (TPSA) is 9.86 Å². The van der Waals surface area contributed by atoms with Gasteiger partial charge in [-0.05, 0) is 88.0 Å². The molecule has 0 bridgehead atoms. The summed E-state index contributed by atoms with van der Waals surface area (Å²) in [5, 5.41) is 5.14. The lowest BCUT2D eigenvalue weighted by Gasteiger charge is -2.21. The van der Waals surface area contributed by atoms with Crippen molar-refractivity contribution in [2.24, 2.45) is 0 Å². The summed E-state index contributed by atoms with van der Waals surface area (Å²) >= 11 is 0. The first kappa shape index (κ1) is 26.4. The maximum Gasteiger partial charge on any atom is 0.0544 e. The van der Waals surface area contributed by atoms with Gasteiger partial charge in [-0.2, -0.15) is 0 Å².